The third-order valence-corrected chi connectivity index (χ3v) is 0. The Morgan fingerprint density at radius 2 is 0.364 bits per heavy atom. The predicted octanol–water partition coefficient (Wildman–Crippen LogP) is -1.90. The van der Waals surface area contributed by atoms with Gasteiger partial charge in [0.2, 0.25) is 0 Å². The summed E-state index contributed by atoms with van der Waals surface area (Å²) in [5, 5.41) is 0. The van der Waals surface area contributed by atoms with Crippen molar-refractivity contribution in [3.05, 3.63) is 0 Å². The SMILES string of the molecule is [Fe].[Fe].[LiH].[LiH].[O-2].[O-2].[O-2].[O-2].[O-2].[V+5].[V+5]. The van der Waals surface area contributed by atoms with E-state index in [4.69, 9.17) is 0 Å². The van der Waals surface area contributed by atoms with Crippen LogP contribution in [0.5, 0.6) is 0 Å². The van der Waals surface area contributed by atoms with Gasteiger partial charge < -0.3 is 27.4 Å². The molecule has 0 radical (unpaired) electrons. The molecule has 0 aliphatic rings. The second-order valence-corrected chi connectivity index (χ2v) is 0. The summed E-state index contributed by atoms with van der Waals surface area (Å²) in [6, 6.07) is 0. The van der Waals surface area contributed by atoms with E-state index in [1.54, 1.807) is 0 Å². The van der Waals surface area contributed by atoms with Crippen LogP contribution in [0.4, 0.5) is 0 Å². The quantitative estimate of drug-likeness (QED) is 0.461. The molecular weight excluding hydrogens is 307 g/mol. The van der Waals surface area contributed by atoms with Crippen LogP contribution < -0.4 is 0 Å². The molecule has 0 aromatic carbocycles. The number of hydrogen-bond donors (Lipinski definition) is 0. The van der Waals surface area contributed by atoms with E-state index in [2.05, 4.69) is 0 Å². The molecule has 60 valence electrons. The first-order valence-electron chi connectivity index (χ1n) is 0. The Morgan fingerprint density at radius 1 is 0.364 bits per heavy atom. The second-order valence-electron chi connectivity index (χ2n) is 0. The number of rotatable bonds is 0. The maximum absolute atomic E-state index is 0. The minimum Gasteiger partial charge on any atom is -2.00 e. The van der Waals surface area contributed by atoms with Crippen molar-refractivity contribution in [3.8, 4) is 0 Å². The van der Waals surface area contributed by atoms with Crippen LogP contribution in [-0.4, -0.2) is 37.7 Å². The molecule has 0 N–H and O–H groups in total. The van der Waals surface area contributed by atoms with Crippen molar-refractivity contribution >= 4 is 37.7 Å². The van der Waals surface area contributed by atoms with Gasteiger partial charge in [-0.1, -0.05) is 0 Å². The molecule has 0 aliphatic heterocycles. The zero-order chi connectivity index (χ0) is 0. The maximum Gasteiger partial charge on any atom is 5.00 e. The van der Waals surface area contributed by atoms with Crippen LogP contribution in [-0.2, 0) is 98.6 Å². The average molecular weight is 309 g/mol. The minimum atomic E-state index is 0. The maximum atomic E-state index is 0. The molecular formula is H2Fe2Li2O5V2. The molecule has 0 saturated carbocycles. The Bertz CT molecular complexity index is 20.4. The second kappa shape index (κ2) is 192. The summed E-state index contributed by atoms with van der Waals surface area (Å²) in [5.41, 5.74) is 0. The third kappa shape index (κ3) is 162. The number of hydrogen-bond acceptors (Lipinski definition) is 0. The fourth-order valence-corrected chi connectivity index (χ4v) is 0. The molecule has 11 heavy (non-hydrogen) atoms. The average Bonchev–Trinajstić information content (AvgIpc) is 0. The van der Waals surface area contributed by atoms with Crippen molar-refractivity contribution in [2.45, 2.75) is 0 Å². The topological polar surface area (TPSA) is 142 Å². The molecule has 0 rings (SSSR count). The van der Waals surface area contributed by atoms with Crippen molar-refractivity contribution < 1.29 is 98.6 Å². The molecule has 0 aromatic rings. The van der Waals surface area contributed by atoms with Gasteiger partial charge in [0.1, 0.15) is 0 Å². The van der Waals surface area contributed by atoms with E-state index >= 15 is 0 Å². The molecule has 0 heterocycles. The van der Waals surface area contributed by atoms with Gasteiger partial charge in [0.05, 0.1) is 0 Å². The molecule has 0 aromatic heterocycles. The molecule has 0 amide bonds. The fraction of sp³-hybridized carbons (Fsp3) is 0. The summed E-state index contributed by atoms with van der Waals surface area (Å²) >= 11 is 0. The van der Waals surface area contributed by atoms with E-state index in [9.17, 15) is 0 Å². The molecule has 11 heteroatoms. The summed E-state index contributed by atoms with van der Waals surface area (Å²) in [6.07, 6.45) is 0. The van der Waals surface area contributed by atoms with Crippen LogP contribution in [0.1, 0.15) is 0 Å². The first-order chi connectivity index (χ1) is 0. The molecule has 0 spiro atoms. The largest absolute Gasteiger partial charge is 5.00 e. The summed E-state index contributed by atoms with van der Waals surface area (Å²) in [4.78, 5) is 0. The van der Waals surface area contributed by atoms with Gasteiger partial charge in [-0.15, -0.1) is 0 Å². The normalized spacial score (nSPS) is 0. The van der Waals surface area contributed by atoms with E-state index < -0.39 is 0 Å². The van der Waals surface area contributed by atoms with Gasteiger partial charge in [0.25, 0.3) is 0 Å². The van der Waals surface area contributed by atoms with Crippen LogP contribution >= 0.6 is 0 Å². The summed E-state index contributed by atoms with van der Waals surface area (Å²) in [6.45, 7) is 0. The first kappa shape index (κ1) is 241. The smallest absolute Gasteiger partial charge is 2.00 e. The molecule has 0 aliphatic carbocycles. The fourth-order valence-electron chi connectivity index (χ4n) is 0. The van der Waals surface area contributed by atoms with E-state index in [0.717, 1.165) is 0 Å². The van der Waals surface area contributed by atoms with Crippen LogP contribution in [0.25, 0.3) is 0 Å². The van der Waals surface area contributed by atoms with Crippen LogP contribution in [0, 0.1) is 0 Å². The van der Waals surface area contributed by atoms with Crippen LogP contribution in [0.15, 0.2) is 0 Å². The predicted molar refractivity (Wildman–Crippen MR) is 17.7 cm³/mol. The standard InChI is InChI=1S/2Fe.2Li.5O.2V.2H/q;;;;5*-2;2*+5;;. The van der Waals surface area contributed by atoms with Crippen LogP contribution in [0.2, 0.25) is 0 Å². The van der Waals surface area contributed by atoms with Crippen LogP contribution in [0.3, 0.4) is 0 Å². The van der Waals surface area contributed by atoms with Crippen molar-refractivity contribution in [2.75, 3.05) is 0 Å². The van der Waals surface area contributed by atoms with E-state index in [1.165, 1.54) is 0 Å². The zero-order valence-electron chi connectivity index (χ0n) is 3.64. The molecule has 0 fully saturated rings. The molecule has 5 nitrogen and oxygen atoms in total. The monoisotopic (exact) mass is 310 g/mol. The van der Waals surface area contributed by atoms with Crippen molar-refractivity contribution in [1.82, 2.24) is 0 Å². The first-order valence-corrected chi connectivity index (χ1v) is 0. The third-order valence-electron chi connectivity index (χ3n) is 0. The summed E-state index contributed by atoms with van der Waals surface area (Å²) < 4.78 is 0. The van der Waals surface area contributed by atoms with Crippen molar-refractivity contribution in [3.63, 3.8) is 0 Å². The van der Waals surface area contributed by atoms with Gasteiger partial charge in [-0.2, -0.15) is 0 Å². The van der Waals surface area contributed by atoms with Gasteiger partial charge >= 0.3 is 74.8 Å². The van der Waals surface area contributed by atoms with Crippen molar-refractivity contribution in [1.29, 1.82) is 0 Å². The van der Waals surface area contributed by atoms with E-state index in [-0.39, 0.29) is 136 Å². The van der Waals surface area contributed by atoms with Gasteiger partial charge in [0.15, 0.2) is 0 Å². The Kier molecular flexibility index (Phi) is 4210. The van der Waals surface area contributed by atoms with Crippen molar-refractivity contribution in [2.24, 2.45) is 0 Å². The molecule has 0 bridgehead atoms. The minimum absolute atomic E-state index is 0. The summed E-state index contributed by atoms with van der Waals surface area (Å²) in [7, 11) is 0. The van der Waals surface area contributed by atoms with E-state index in [1.807, 2.05) is 0 Å². The Balaban J connectivity index is 0. The molecule has 0 atom stereocenters. The van der Waals surface area contributed by atoms with Gasteiger partial charge in [-0.25, -0.2) is 0 Å². The van der Waals surface area contributed by atoms with Gasteiger partial charge in [-0.3, -0.25) is 0 Å². The van der Waals surface area contributed by atoms with E-state index in [0.29, 0.717) is 0 Å². The molecule has 0 saturated heterocycles. The summed E-state index contributed by atoms with van der Waals surface area (Å²) in [5.74, 6) is 0. The zero-order valence-corrected chi connectivity index (χ0v) is 8.64. The Morgan fingerprint density at radius 3 is 0.364 bits per heavy atom. The Labute approximate surface area is 135 Å². The molecule has 0 unspecified atom stereocenters. The Hall–Kier alpha value is 3.20. The van der Waals surface area contributed by atoms with Gasteiger partial charge in [-0.05, 0) is 0 Å². The van der Waals surface area contributed by atoms with Gasteiger partial charge in [0, 0.05) is 34.1 Å².